The van der Waals surface area contributed by atoms with Gasteiger partial charge in [-0.1, -0.05) is 44.2 Å². The van der Waals surface area contributed by atoms with E-state index >= 15 is 0 Å². The maximum atomic E-state index is 6.08. The lowest BCUT2D eigenvalue weighted by Gasteiger charge is -2.32. The highest BCUT2D eigenvalue weighted by molar-refractivity contribution is 6.30. The van der Waals surface area contributed by atoms with Crippen LogP contribution in [0.3, 0.4) is 0 Å². The Morgan fingerprint density at radius 1 is 1.26 bits per heavy atom. The van der Waals surface area contributed by atoms with Crippen molar-refractivity contribution >= 4 is 17.4 Å². The fourth-order valence-electron chi connectivity index (χ4n) is 4.76. The molecule has 3 aliphatic rings. The number of benzene rings is 1. The fraction of sp³-hybridized carbons (Fsp3) is 0.593. The van der Waals surface area contributed by atoms with Crippen LogP contribution < -0.4 is 27.1 Å². The Hall–Kier alpha value is -2.06. The van der Waals surface area contributed by atoms with Gasteiger partial charge in [0.1, 0.15) is 11.6 Å². The normalized spacial score (nSPS) is 22.1. The van der Waals surface area contributed by atoms with Gasteiger partial charge in [0.2, 0.25) is 0 Å². The van der Waals surface area contributed by atoms with Gasteiger partial charge in [-0.15, -0.1) is 0 Å². The minimum atomic E-state index is 0.612. The Bertz CT molecular complexity index is 789. The summed E-state index contributed by atoms with van der Waals surface area (Å²) in [5, 5.41) is 4.22. The summed E-state index contributed by atoms with van der Waals surface area (Å²) in [7, 11) is 0. The van der Waals surface area contributed by atoms with Crippen LogP contribution in [-0.2, 0) is 6.54 Å². The highest BCUT2D eigenvalue weighted by atomic mass is 35.5. The predicted molar refractivity (Wildman–Crippen MR) is 148 cm³/mol. The van der Waals surface area contributed by atoms with Crippen molar-refractivity contribution in [3.63, 3.8) is 0 Å². The number of nitrogens with zero attached hydrogens (tertiary/aromatic N) is 2. The molecule has 1 aromatic rings. The summed E-state index contributed by atoms with van der Waals surface area (Å²) in [6.07, 6.45) is 8.44. The average Bonchev–Trinajstić information content (AvgIpc) is 3.68. The van der Waals surface area contributed by atoms with Crippen LogP contribution in [0.4, 0.5) is 0 Å². The van der Waals surface area contributed by atoms with Gasteiger partial charge >= 0.3 is 0 Å². The lowest BCUT2D eigenvalue weighted by atomic mass is 9.90. The Labute approximate surface area is 217 Å². The summed E-state index contributed by atoms with van der Waals surface area (Å²) in [4.78, 5) is 7.12. The van der Waals surface area contributed by atoms with Gasteiger partial charge in [-0.3, -0.25) is 21.2 Å². The van der Waals surface area contributed by atoms with Crippen molar-refractivity contribution in [3.05, 3.63) is 53.7 Å². The van der Waals surface area contributed by atoms with Crippen molar-refractivity contribution in [2.24, 2.45) is 34.3 Å². The number of hydrogen-bond donors (Lipinski definition) is 4. The second kappa shape index (κ2) is 16.6. The number of piperidine rings is 1. The topological polar surface area (TPSA) is 101 Å². The number of hydrazine groups is 1. The van der Waals surface area contributed by atoms with Crippen LogP contribution in [0, 0.1) is 17.8 Å². The molecule has 2 atom stereocenters. The molecule has 1 saturated heterocycles. The number of halogens is 1. The molecule has 1 aromatic carbocycles. The SMILES string of the molecule is C=CN.CC.NNCc1ccc(OCCC2CC2C2CCN(CC3=NCC(Cl)=CCN3)CC2)cc1. The molecule has 2 aliphatic heterocycles. The maximum absolute atomic E-state index is 6.08. The molecule has 0 radical (unpaired) electrons. The highest BCUT2D eigenvalue weighted by Gasteiger charge is 2.43. The number of nitrogens with two attached hydrogens (primary N) is 2. The third kappa shape index (κ3) is 10.6. The van der Waals surface area contributed by atoms with E-state index in [1.165, 1.54) is 50.5 Å². The second-order valence-electron chi connectivity index (χ2n) is 8.97. The van der Waals surface area contributed by atoms with E-state index in [4.69, 9.17) is 22.2 Å². The molecule has 2 unspecified atom stereocenters. The van der Waals surface area contributed by atoms with E-state index in [9.17, 15) is 0 Å². The number of hydrogen-bond acceptors (Lipinski definition) is 7. The van der Waals surface area contributed by atoms with Crippen molar-refractivity contribution < 1.29 is 4.74 Å². The predicted octanol–water partition coefficient (Wildman–Crippen LogP) is 4.01. The van der Waals surface area contributed by atoms with Crippen LogP contribution in [0.2, 0.25) is 0 Å². The van der Waals surface area contributed by atoms with E-state index < -0.39 is 0 Å². The van der Waals surface area contributed by atoms with E-state index in [0.29, 0.717) is 13.1 Å². The van der Waals surface area contributed by atoms with E-state index in [1.807, 2.05) is 32.1 Å². The molecule has 2 heterocycles. The number of nitrogens with one attached hydrogen (secondary N) is 2. The molecule has 35 heavy (non-hydrogen) atoms. The van der Waals surface area contributed by atoms with E-state index in [2.05, 4.69) is 45.1 Å². The molecule has 4 rings (SSSR count). The zero-order chi connectivity index (χ0) is 25.5. The van der Waals surface area contributed by atoms with Crippen molar-refractivity contribution in [2.45, 2.75) is 46.1 Å². The Balaban J connectivity index is 0.000000803. The lowest BCUT2D eigenvalue weighted by molar-refractivity contribution is 0.184. The van der Waals surface area contributed by atoms with Gasteiger partial charge in [0, 0.05) is 18.1 Å². The summed E-state index contributed by atoms with van der Waals surface area (Å²) in [5.74, 6) is 10.0. The van der Waals surface area contributed by atoms with Crippen LogP contribution in [0.25, 0.3) is 0 Å². The first-order valence-corrected chi connectivity index (χ1v) is 13.3. The summed E-state index contributed by atoms with van der Waals surface area (Å²) in [6.45, 7) is 13.3. The maximum Gasteiger partial charge on any atom is 0.119 e. The molecule has 0 spiro atoms. The standard InChI is InChI=1S/C23H34ClN5O.C2H5N.C2H6/c24-20-5-9-26-23(27-15-20)16-29-10-6-18(7-11-29)22-13-19(22)8-12-30-21-3-1-17(2-4-21)14-28-25;1-2-3;1-2/h1-5,18-19,22,28H,6-16,25H2,(H,26,27);2H,1,3H2;1-2H3. The van der Waals surface area contributed by atoms with Crippen LogP contribution in [0.5, 0.6) is 5.75 Å². The molecular formula is C27H45ClN6O. The van der Waals surface area contributed by atoms with Gasteiger partial charge in [-0.2, -0.15) is 0 Å². The molecule has 1 aliphatic carbocycles. The van der Waals surface area contributed by atoms with Crippen LogP contribution in [0.15, 0.2) is 53.1 Å². The van der Waals surface area contributed by atoms with E-state index in [1.54, 1.807) is 0 Å². The highest BCUT2D eigenvalue weighted by Crippen LogP contribution is 2.49. The summed E-state index contributed by atoms with van der Waals surface area (Å²) < 4.78 is 5.95. The minimum absolute atomic E-state index is 0.612. The van der Waals surface area contributed by atoms with E-state index in [-0.39, 0.29) is 0 Å². The first-order valence-electron chi connectivity index (χ1n) is 12.9. The largest absolute Gasteiger partial charge is 0.494 e. The molecule has 6 N–H and O–H groups in total. The number of ether oxygens (including phenoxy) is 1. The minimum Gasteiger partial charge on any atom is -0.494 e. The molecular weight excluding hydrogens is 460 g/mol. The molecule has 8 heteroatoms. The van der Waals surface area contributed by atoms with Gasteiger partial charge in [0.15, 0.2) is 0 Å². The molecule has 0 aromatic heterocycles. The van der Waals surface area contributed by atoms with Gasteiger partial charge in [-0.25, -0.2) is 0 Å². The van der Waals surface area contributed by atoms with Crippen molar-refractivity contribution in [1.29, 1.82) is 0 Å². The fourth-order valence-corrected chi connectivity index (χ4v) is 4.89. The van der Waals surface area contributed by atoms with Crippen molar-refractivity contribution in [3.8, 4) is 5.75 Å². The Morgan fingerprint density at radius 3 is 2.60 bits per heavy atom. The number of amidine groups is 1. The van der Waals surface area contributed by atoms with Crippen LogP contribution in [0.1, 0.15) is 45.1 Å². The molecule has 7 nitrogen and oxygen atoms in total. The number of likely N-dealkylation sites (tertiary alicyclic amines) is 1. The van der Waals surface area contributed by atoms with Crippen molar-refractivity contribution in [2.75, 3.05) is 39.3 Å². The molecule has 0 amide bonds. The number of aliphatic imine (C=N–C) groups is 1. The molecule has 1 saturated carbocycles. The Kier molecular flexibility index (Phi) is 13.8. The summed E-state index contributed by atoms with van der Waals surface area (Å²) >= 11 is 6.08. The first kappa shape index (κ1) is 29.2. The molecule has 2 fully saturated rings. The van der Waals surface area contributed by atoms with Gasteiger partial charge in [0.25, 0.3) is 0 Å². The van der Waals surface area contributed by atoms with Crippen LogP contribution in [-0.4, -0.2) is 50.1 Å². The Morgan fingerprint density at radius 2 is 1.94 bits per heavy atom. The van der Waals surface area contributed by atoms with Gasteiger partial charge < -0.3 is 15.8 Å². The molecule has 196 valence electrons. The van der Waals surface area contributed by atoms with Gasteiger partial charge in [-0.05, 0) is 86.5 Å². The van der Waals surface area contributed by atoms with Gasteiger partial charge in [0.05, 0.1) is 19.7 Å². The third-order valence-electron chi connectivity index (χ3n) is 6.63. The lowest BCUT2D eigenvalue weighted by Crippen LogP contribution is -2.42. The smallest absolute Gasteiger partial charge is 0.119 e. The number of rotatable bonds is 9. The quantitative estimate of drug-likeness (QED) is 0.299. The van der Waals surface area contributed by atoms with Crippen LogP contribution >= 0.6 is 11.6 Å². The monoisotopic (exact) mass is 504 g/mol. The third-order valence-corrected chi connectivity index (χ3v) is 6.90. The average molecular weight is 505 g/mol. The first-order chi connectivity index (χ1) is 17.1. The molecule has 0 bridgehead atoms. The van der Waals surface area contributed by atoms with Crippen molar-refractivity contribution in [1.82, 2.24) is 15.6 Å². The second-order valence-corrected chi connectivity index (χ2v) is 9.45. The summed E-state index contributed by atoms with van der Waals surface area (Å²) in [5.41, 5.74) is 8.45. The zero-order valence-electron chi connectivity index (χ0n) is 21.5. The summed E-state index contributed by atoms with van der Waals surface area (Å²) in [6, 6.07) is 8.18. The zero-order valence-corrected chi connectivity index (χ0v) is 22.3. The van der Waals surface area contributed by atoms with E-state index in [0.717, 1.165) is 54.1 Å².